The Balaban J connectivity index is 2.32. The van der Waals surface area contributed by atoms with E-state index >= 15 is 0 Å². The van der Waals surface area contributed by atoms with Crippen LogP contribution in [0.2, 0.25) is 0 Å². The SMILES string of the molecule is CC(C)CCN(c1ccccc1N1CCN(C)CC1)S(C)(=O)=O. The molecule has 1 aliphatic rings. The van der Waals surface area contributed by atoms with Gasteiger partial charge in [0.25, 0.3) is 0 Å². The summed E-state index contributed by atoms with van der Waals surface area (Å²) in [5, 5.41) is 0. The van der Waals surface area contributed by atoms with E-state index in [0.29, 0.717) is 12.5 Å². The van der Waals surface area contributed by atoms with Gasteiger partial charge < -0.3 is 9.80 Å². The quantitative estimate of drug-likeness (QED) is 0.797. The lowest BCUT2D eigenvalue weighted by Gasteiger charge is -2.36. The zero-order valence-corrected chi connectivity index (χ0v) is 15.5. The van der Waals surface area contributed by atoms with Crippen molar-refractivity contribution in [3.63, 3.8) is 0 Å². The number of hydrogen-bond donors (Lipinski definition) is 0. The highest BCUT2D eigenvalue weighted by molar-refractivity contribution is 7.92. The van der Waals surface area contributed by atoms with E-state index in [2.05, 4.69) is 30.7 Å². The number of benzene rings is 1. The second kappa shape index (κ2) is 7.53. The number of nitrogens with zero attached hydrogens (tertiary/aromatic N) is 3. The number of piperazine rings is 1. The average Bonchev–Trinajstić information content (AvgIpc) is 2.47. The van der Waals surface area contributed by atoms with Crippen molar-refractivity contribution in [2.75, 3.05) is 55.2 Å². The largest absolute Gasteiger partial charge is 0.367 e. The van der Waals surface area contributed by atoms with Crippen LogP contribution in [0.3, 0.4) is 0 Å². The van der Waals surface area contributed by atoms with Crippen molar-refractivity contribution in [1.29, 1.82) is 0 Å². The number of sulfonamides is 1. The van der Waals surface area contributed by atoms with Crippen LogP contribution < -0.4 is 9.21 Å². The van der Waals surface area contributed by atoms with Crippen LogP contribution in [-0.2, 0) is 10.0 Å². The minimum Gasteiger partial charge on any atom is -0.367 e. The summed E-state index contributed by atoms with van der Waals surface area (Å²) in [5.74, 6) is 0.468. The fourth-order valence-corrected chi connectivity index (χ4v) is 3.78. The van der Waals surface area contributed by atoms with Gasteiger partial charge in [0.05, 0.1) is 17.6 Å². The number of rotatable bonds is 6. The first-order chi connectivity index (χ1) is 10.8. The third-order valence-electron chi connectivity index (χ3n) is 4.30. The average molecular weight is 340 g/mol. The molecule has 0 aliphatic carbocycles. The molecule has 0 radical (unpaired) electrons. The van der Waals surface area contributed by atoms with Crippen LogP contribution >= 0.6 is 0 Å². The van der Waals surface area contributed by atoms with Crippen molar-refractivity contribution in [3.8, 4) is 0 Å². The Morgan fingerprint density at radius 1 is 1.13 bits per heavy atom. The van der Waals surface area contributed by atoms with Crippen LogP contribution in [0.15, 0.2) is 24.3 Å². The molecule has 0 saturated carbocycles. The predicted molar refractivity (Wildman–Crippen MR) is 97.8 cm³/mol. The highest BCUT2D eigenvalue weighted by Gasteiger charge is 2.24. The van der Waals surface area contributed by atoms with E-state index in [-0.39, 0.29) is 0 Å². The van der Waals surface area contributed by atoms with Gasteiger partial charge in [-0.2, -0.15) is 0 Å². The standard InChI is InChI=1S/C17H29N3O2S/c1-15(2)9-10-20(23(4,21)22)17-8-6-5-7-16(17)19-13-11-18(3)12-14-19/h5-8,15H,9-14H2,1-4H3. The van der Waals surface area contributed by atoms with E-state index in [1.807, 2.05) is 24.3 Å². The monoisotopic (exact) mass is 339 g/mol. The fraction of sp³-hybridized carbons (Fsp3) is 0.647. The summed E-state index contributed by atoms with van der Waals surface area (Å²) in [6.07, 6.45) is 2.15. The zero-order chi connectivity index (χ0) is 17.0. The first kappa shape index (κ1) is 18.1. The van der Waals surface area contributed by atoms with E-state index in [1.54, 1.807) is 4.31 Å². The molecule has 6 heteroatoms. The second-order valence-electron chi connectivity index (χ2n) is 6.80. The van der Waals surface area contributed by atoms with E-state index in [1.165, 1.54) is 6.26 Å². The number of para-hydroxylation sites is 2. The molecule has 1 saturated heterocycles. The smallest absolute Gasteiger partial charge is 0.232 e. The van der Waals surface area contributed by atoms with Crippen LogP contribution in [0.25, 0.3) is 0 Å². The Labute approximate surface area is 140 Å². The molecular weight excluding hydrogens is 310 g/mol. The Morgan fingerprint density at radius 3 is 2.30 bits per heavy atom. The molecule has 1 aromatic rings. The summed E-state index contributed by atoms with van der Waals surface area (Å²) in [6.45, 7) is 8.62. The van der Waals surface area contributed by atoms with Gasteiger partial charge in [-0.25, -0.2) is 8.42 Å². The lowest BCUT2D eigenvalue weighted by Crippen LogP contribution is -2.45. The van der Waals surface area contributed by atoms with Gasteiger partial charge in [-0.05, 0) is 31.5 Å². The fourth-order valence-electron chi connectivity index (χ4n) is 2.83. The second-order valence-corrected chi connectivity index (χ2v) is 8.70. The van der Waals surface area contributed by atoms with Crippen molar-refractivity contribution < 1.29 is 8.42 Å². The molecule has 23 heavy (non-hydrogen) atoms. The third-order valence-corrected chi connectivity index (χ3v) is 5.48. The lowest BCUT2D eigenvalue weighted by atomic mass is 10.1. The minimum atomic E-state index is -3.29. The van der Waals surface area contributed by atoms with Crippen LogP contribution in [0.4, 0.5) is 11.4 Å². The van der Waals surface area contributed by atoms with Crippen molar-refractivity contribution in [3.05, 3.63) is 24.3 Å². The Morgan fingerprint density at radius 2 is 1.74 bits per heavy atom. The lowest BCUT2D eigenvalue weighted by molar-refractivity contribution is 0.313. The van der Waals surface area contributed by atoms with Crippen LogP contribution in [0, 0.1) is 5.92 Å². The molecular formula is C17H29N3O2S. The van der Waals surface area contributed by atoms with Gasteiger partial charge in [0.1, 0.15) is 0 Å². The Hall–Kier alpha value is -1.27. The molecule has 1 heterocycles. The highest BCUT2D eigenvalue weighted by Crippen LogP contribution is 2.32. The van der Waals surface area contributed by atoms with E-state index in [9.17, 15) is 8.42 Å². The maximum Gasteiger partial charge on any atom is 0.232 e. The van der Waals surface area contributed by atoms with Gasteiger partial charge in [-0.3, -0.25) is 4.31 Å². The zero-order valence-electron chi connectivity index (χ0n) is 14.7. The van der Waals surface area contributed by atoms with Crippen molar-refractivity contribution in [1.82, 2.24) is 4.90 Å². The van der Waals surface area contributed by atoms with Crippen LogP contribution in [0.1, 0.15) is 20.3 Å². The van der Waals surface area contributed by atoms with Gasteiger partial charge in [0.15, 0.2) is 0 Å². The van der Waals surface area contributed by atoms with E-state index < -0.39 is 10.0 Å². The predicted octanol–water partition coefficient (Wildman–Crippen LogP) is 2.25. The molecule has 130 valence electrons. The molecule has 0 atom stereocenters. The van der Waals surface area contributed by atoms with Gasteiger partial charge >= 0.3 is 0 Å². The van der Waals surface area contributed by atoms with Gasteiger partial charge in [0, 0.05) is 32.7 Å². The molecule has 0 spiro atoms. The third kappa shape index (κ3) is 4.85. The molecule has 5 nitrogen and oxygen atoms in total. The summed E-state index contributed by atoms with van der Waals surface area (Å²) in [4.78, 5) is 4.59. The molecule has 0 unspecified atom stereocenters. The Kier molecular flexibility index (Phi) is 5.92. The first-order valence-corrected chi connectivity index (χ1v) is 10.1. The number of hydrogen-bond acceptors (Lipinski definition) is 4. The summed E-state index contributed by atoms with van der Waals surface area (Å²) in [7, 11) is -1.17. The summed E-state index contributed by atoms with van der Waals surface area (Å²) >= 11 is 0. The molecule has 0 amide bonds. The summed E-state index contributed by atoms with van der Waals surface area (Å²) in [5.41, 5.74) is 1.83. The molecule has 0 N–H and O–H groups in total. The van der Waals surface area contributed by atoms with Crippen molar-refractivity contribution in [2.24, 2.45) is 5.92 Å². The van der Waals surface area contributed by atoms with Gasteiger partial charge in [0.2, 0.25) is 10.0 Å². The summed E-state index contributed by atoms with van der Waals surface area (Å²) in [6, 6.07) is 7.87. The maximum absolute atomic E-state index is 12.3. The topological polar surface area (TPSA) is 43.9 Å². The normalized spacial score (nSPS) is 16.8. The van der Waals surface area contributed by atoms with Crippen LogP contribution in [-0.4, -0.2) is 59.3 Å². The number of likely N-dealkylation sites (N-methyl/N-ethyl adjacent to an activating group) is 1. The summed E-state index contributed by atoms with van der Waals surface area (Å²) < 4.78 is 26.2. The van der Waals surface area contributed by atoms with Gasteiger partial charge in [-0.15, -0.1) is 0 Å². The molecule has 0 aromatic heterocycles. The molecule has 1 aromatic carbocycles. The molecule has 2 rings (SSSR count). The highest BCUT2D eigenvalue weighted by atomic mass is 32.2. The van der Waals surface area contributed by atoms with Crippen LogP contribution in [0.5, 0.6) is 0 Å². The Bertz CT molecular complexity index is 608. The first-order valence-electron chi connectivity index (χ1n) is 8.29. The van der Waals surface area contributed by atoms with Gasteiger partial charge in [-0.1, -0.05) is 26.0 Å². The number of anilines is 2. The van der Waals surface area contributed by atoms with Crippen molar-refractivity contribution in [2.45, 2.75) is 20.3 Å². The molecule has 0 bridgehead atoms. The van der Waals surface area contributed by atoms with E-state index in [0.717, 1.165) is 44.0 Å². The minimum absolute atomic E-state index is 0.468. The molecule has 1 fully saturated rings. The van der Waals surface area contributed by atoms with Crippen molar-refractivity contribution >= 4 is 21.4 Å². The van der Waals surface area contributed by atoms with E-state index in [4.69, 9.17) is 0 Å². The molecule has 1 aliphatic heterocycles. The maximum atomic E-state index is 12.3.